The van der Waals surface area contributed by atoms with Crippen LogP contribution in [0.4, 0.5) is 5.82 Å². The summed E-state index contributed by atoms with van der Waals surface area (Å²) >= 11 is 6.21. The summed E-state index contributed by atoms with van der Waals surface area (Å²) in [5.41, 5.74) is 1.93. The Hall–Kier alpha value is -2.39. The molecule has 0 radical (unpaired) electrons. The average Bonchev–Trinajstić information content (AvgIpc) is 3.36. The van der Waals surface area contributed by atoms with Crippen LogP contribution in [-0.4, -0.2) is 10.9 Å². The second-order valence-corrected chi connectivity index (χ2v) is 6.26. The molecule has 0 unspecified atom stereocenters. The van der Waals surface area contributed by atoms with Gasteiger partial charge in [-0.15, -0.1) is 0 Å². The predicted octanol–water partition coefficient (Wildman–Crippen LogP) is 4.63. The van der Waals surface area contributed by atoms with Gasteiger partial charge in [-0.05, 0) is 42.2 Å². The van der Waals surface area contributed by atoms with Gasteiger partial charge in [-0.2, -0.15) is 0 Å². The molecule has 1 fully saturated rings. The number of anilines is 1. The van der Waals surface area contributed by atoms with E-state index in [0.29, 0.717) is 5.82 Å². The molecule has 1 heterocycles. The molecule has 0 saturated heterocycles. The number of rotatable bonds is 3. The molecular formula is C19H15ClN2O. The number of hydrogen-bond acceptors (Lipinski definition) is 2. The Morgan fingerprint density at radius 2 is 1.83 bits per heavy atom. The highest BCUT2D eigenvalue weighted by atomic mass is 35.5. The van der Waals surface area contributed by atoms with Crippen molar-refractivity contribution in [2.24, 2.45) is 5.92 Å². The molecule has 4 heteroatoms. The van der Waals surface area contributed by atoms with Crippen molar-refractivity contribution in [3.05, 3.63) is 71.2 Å². The third kappa shape index (κ3) is 2.80. The largest absolute Gasteiger partial charge is 0.310 e. The van der Waals surface area contributed by atoms with E-state index in [1.807, 2.05) is 60.7 Å². The summed E-state index contributed by atoms with van der Waals surface area (Å²) < 4.78 is 0. The van der Waals surface area contributed by atoms with Crippen molar-refractivity contribution >= 4 is 34.2 Å². The molecule has 0 bridgehead atoms. The number of nitrogens with one attached hydrogen (secondary N) is 1. The first kappa shape index (κ1) is 14.2. The number of pyridine rings is 1. The van der Waals surface area contributed by atoms with Crippen LogP contribution in [0.1, 0.15) is 17.9 Å². The van der Waals surface area contributed by atoms with E-state index in [9.17, 15) is 4.79 Å². The van der Waals surface area contributed by atoms with E-state index in [1.54, 1.807) is 0 Å². The fraction of sp³-hybridized carbons (Fsp3) is 0.158. The van der Waals surface area contributed by atoms with Gasteiger partial charge >= 0.3 is 0 Å². The molecule has 3 aromatic rings. The number of halogens is 1. The quantitative estimate of drug-likeness (QED) is 0.764. The van der Waals surface area contributed by atoms with Gasteiger partial charge in [0, 0.05) is 16.3 Å². The van der Waals surface area contributed by atoms with Gasteiger partial charge in [-0.25, -0.2) is 4.98 Å². The lowest BCUT2D eigenvalue weighted by Crippen LogP contribution is -2.15. The smallest absolute Gasteiger partial charge is 0.229 e. The average molecular weight is 323 g/mol. The summed E-state index contributed by atoms with van der Waals surface area (Å²) in [6, 6.07) is 19.4. The van der Waals surface area contributed by atoms with E-state index in [4.69, 9.17) is 11.6 Å². The predicted molar refractivity (Wildman–Crippen MR) is 92.7 cm³/mol. The van der Waals surface area contributed by atoms with Crippen LogP contribution in [0.25, 0.3) is 10.9 Å². The monoisotopic (exact) mass is 322 g/mol. The third-order valence-electron chi connectivity index (χ3n) is 4.28. The highest BCUT2D eigenvalue weighted by Gasteiger charge is 2.44. The molecule has 2 atom stereocenters. The van der Waals surface area contributed by atoms with E-state index in [1.165, 1.54) is 0 Å². The first-order valence-corrected chi connectivity index (χ1v) is 8.01. The minimum absolute atomic E-state index is 0.0118. The van der Waals surface area contributed by atoms with E-state index >= 15 is 0 Å². The van der Waals surface area contributed by atoms with Crippen molar-refractivity contribution < 1.29 is 4.79 Å². The Bertz CT molecular complexity index is 893. The Morgan fingerprint density at radius 1 is 1.04 bits per heavy atom. The third-order valence-corrected chi connectivity index (χ3v) is 4.63. The van der Waals surface area contributed by atoms with Gasteiger partial charge in [-0.3, -0.25) is 4.79 Å². The number of carbonyl (C=O) groups is 1. The molecule has 114 valence electrons. The molecular weight excluding hydrogens is 308 g/mol. The van der Waals surface area contributed by atoms with Crippen molar-refractivity contribution in [1.82, 2.24) is 4.98 Å². The van der Waals surface area contributed by atoms with Crippen LogP contribution in [0.5, 0.6) is 0 Å². The van der Waals surface area contributed by atoms with E-state index < -0.39 is 0 Å². The van der Waals surface area contributed by atoms with E-state index in [2.05, 4.69) is 10.3 Å². The summed E-state index contributed by atoms with van der Waals surface area (Å²) in [7, 11) is 0. The van der Waals surface area contributed by atoms with Crippen molar-refractivity contribution in [3.8, 4) is 0 Å². The Balaban J connectivity index is 1.49. The molecule has 4 rings (SSSR count). The minimum atomic E-state index is -0.0248. The topological polar surface area (TPSA) is 42.0 Å². The number of benzene rings is 2. The van der Waals surface area contributed by atoms with Gasteiger partial charge in [-0.1, -0.05) is 48.0 Å². The number of nitrogens with zero attached hydrogens (tertiary/aromatic N) is 1. The highest BCUT2D eigenvalue weighted by molar-refractivity contribution is 6.31. The van der Waals surface area contributed by atoms with Gasteiger partial charge in [0.25, 0.3) is 0 Å². The molecule has 1 aliphatic carbocycles. The second-order valence-electron chi connectivity index (χ2n) is 5.85. The zero-order chi connectivity index (χ0) is 15.8. The molecule has 1 aromatic heterocycles. The van der Waals surface area contributed by atoms with E-state index in [0.717, 1.165) is 27.9 Å². The molecule has 2 aromatic carbocycles. The lowest BCUT2D eigenvalue weighted by molar-refractivity contribution is -0.117. The highest BCUT2D eigenvalue weighted by Crippen LogP contribution is 2.49. The number of amides is 1. The van der Waals surface area contributed by atoms with Crippen LogP contribution in [-0.2, 0) is 4.79 Å². The van der Waals surface area contributed by atoms with Crippen molar-refractivity contribution in [2.75, 3.05) is 5.32 Å². The first-order chi connectivity index (χ1) is 11.2. The summed E-state index contributed by atoms with van der Waals surface area (Å²) in [6.45, 7) is 0. The van der Waals surface area contributed by atoms with Gasteiger partial charge in [0.2, 0.25) is 5.91 Å². The maximum absolute atomic E-state index is 12.4. The maximum atomic E-state index is 12.4. The number of carbonyl (C=O) groups excluding carboxylic acids is 1. The standard InChI is InChI=1S/C19H15ClN2O/c20-16-7-3-2-6-13(16)14-11-15(14)19(23)22-18-10-9-12-5-1-4-8-17(12)21-18/h1-10,14-15H,11H2,(H,21,22,23)/t14-,15+/m0/s1. The van der Waals surface area contributed by atoms with Crippen LogP contribution in [0.15, 0.2) is 60.7 Å². The minimum Gasteiger partial charge on any atom is -0.310 e. The molecule has 0 spiro atoms. The number of para-hydroxylation sites is 1. The molecule has 1 aliphatic rings. The summed E-state index contributed by atoms with van der Waals surface area (Å²) in [5.74, 6) is 0.795. The van der Waals surface area contributed by atoms with Gasteiger partial charge < -0.3 is 5.32 Å². The van der Waals surface area contributed by atoms with Gasteiger partial charge in [0.05, 0.1) is 5.52 Å². The van der Waals surface area contributed by atoms with E-state index in [-0.39, 0.29) is 17.7 Å². The fourth-order valence-electron chi connectivity index (χ4n) is 2.96. The number of hydrogen-bond donors (Lipinski definition) is 1. The first-order valence-electron chi connectivity index (χ1n) is 7.63. The van der Waals surface area contributed by atoms with Crippen LogP contribution < -0.4 is 5.32 Å². The van der Waals surface area contributed by atoms with Crippen molar-refractivity contribution in [2.45, 2.75) is 12.3 Å². The Morgan fingerprint density at radius 3 is 2.70 bits per heavy atom. The summed E-state index contributed by atoms with van der Waals surface area (Å²) in [6.07, 6.45) is 0.836. The zero-order valence-electron chi connectivity index (χ0n) is 12.4. The molecule has 3 nitrogen and oxygen atoms in total. The Labute approximate surface area is 139 Å². The summed E-state index contributed by atoms with van der Waals surface area (Å²) in [5, 5.41) is 4.72. The van der Waals surface area contributed by atoms with Gasteiger partial charge in [0.1, 0.15) is 5.82 Å². The summed E-state index contributed by atoms with van der Waals surface area (Å²) in [4.78, 5) is 16.9. The second kappa shape index (κ2) is 5.67. The van der Waals surface area contributed by atoms with Crippen LogP contribution in [0, 0.1) is 5.92 Å². The molecule has 1 amide bonds. The van der Waals surface area contributed by atoms with Crippen LogP contribution >= 0.6 is 11.6 Å². The molecule has 0 aliphatic heterocycles. The fourth-order valence-corrected chi connectivity index (χ4v) is 3.23. The van der Waals surface area contributed by atoms with Crippen molar-refractivity contribution in [3.63, 3.8) is 0 Å². The van der Waals surface area contributed by atoms with Crippen LogP contribution in [0.2, 0.25) is 5.02 Å². The maximum Gasteiger partial charge on any atom is 0.229 e. The van der Waals surface area contributed by atoms with Gasteiger partial charge in [0.15, 0.2) is 0 Å². The molecule has 23 heavy (non-hydrogen) atoms. The molecule has 1 saturated carbocycles. The van der Waals surface area contributed by atoms with Crippen LogP contribution in [0.3, 0.4) is 0 Å². The van der Waals surface area contributed by atoms with Crippen molar-refractivity contribution in [1.29, 1.82) is 0 Å². The number of fused-ring (bicyclic) bond motifs is 1. The number of aromatic nitrogens is 1. The normalized spacial score (nSPS) is 19.5. The lowest BCUT2D eigenvalue weighted by atomic mass is 10.1. The lowest BCUT2D eigenvalue weighted by Gasteiger charge is -2.06. The SMILES string of the molecule is O=C(Nc1ccc2ccccc2n1)[C@@H]1C[C@H]1c1ccccc1Cl. The molecule has 1 N–H and O–H groups in total. The Kier molecular flexibility index (Phi) is 3.50. The zero-order valence-corrected chi connectivity index (χ0v) is 13.1.